The molecule has 0 radical (unpaired) electrons. The van der Waals surface area contributed by atoms with E-state index in [1.54, 1.807) is 11.8 Å². The van der Waals surface area contributed by atoms with Crippen LogP contribution >= 0.6 is 72.0 Å². The van der Waals surface area contributed by atoms with Crippen LogP contribution in [0, 0.1) is 0 Å². The molecule has 8 heteroatoms. The quantitative estimate of drug-likeness (QED) is 0.483. The van der Waals surface area contributed by atoms with Crippen molar-refractivity contribution in [3.63, 3.8) is 0 Å². The van der Waals surface area contributed by atoms with E-state index in [1.165, 1.54) is 11.1 Å². The average Bonchev–Trinajstić information content (AvgIpc) is 2.80. The van der Waals surface area contributed by atoms with Crippen molar-refractivity contribution in [1.29, 1.82) is 0 Å². The van der Waals surface area contributed by atoms with E-state index in [-0.39, 0.29) is 12.4 Å². The summed E-state index contributed by atoms with van der Waals surface area (Å²) in [5, 5.41) is 1.08. The molecule has 1 aromatic carbocycles. The number of hydrogen-bond donors (Lipinski definition) is 1. The summed E-state index contributed by atoms with van der Waals surface area (Å²) in [6.45, 7) is 1.71. The maximum absolute atomic E-state index is 5.60. The monoisotopic (exact) mass is 503 g/mol. The van der Waals surface area contributed by atoms with Crippen molar-refractivity contribution in [3.8, 4) is 0 Å². The number of hydrogen-bond acceptors (Lipinski definition) is 3. The van der Waals surface area contributed by atoms with Crippen molar-refractivity contribution in [2.24, 2.45) is 5.73 Å². The molecule has 0 amide bonds. The number of aromatic nitrogens is 2. The second-order valence-electron chi connectivity index (χ2n) is 4.40. The molecule has 0 fully saturated rings. The minimum atomic E-state index is 0. The molecule has 1 aliphatic heterocycles. The molecule has 0 saturated carbocycles. The largest absolute Gasteiger partial charge is 0.330 e. The molecular formula is C12H13Br3ClN3S. The fraction of sp³-hybridized carbons (Fsp3) is 0.417. The van der Waals surface area contributed by atoms with Crippen LogP contribution in [0.4, 0.5) is 0 Å². The van der Waals surface area contributed by atoms with Crippen LogP contribution in [0.5, 0.6) is 0 Å². The molecule has 3 rings (SSSR count). The van der Waals surface area contributed by atoms with E-state index in [0.717, 1.165) is 49.2 Å². The van der Waals surface area contributed by atoms with Crippen LogP contribution in [0.25, 0.3) is 11.0 Å². The SMILES string of the molecule is Cl.NCCSc1nc2c(Br)c(Br)c(Br)c3c2n1CCC3. The summed E-state index contributed by atoms with van der Waals surface area (Å²) >= 11 is 12.7. The van der Waals surface area contributed by atoms with Crippen LogP contribution in [0.2, 0.25) is 0 Å². The molecule has 3 nitrogen and oxygen atoms in total. The molecule has 2 N–H and O–H groups in total. The number of nitrogens with two attached hydrogens (primary N) is 1. The van der Waals surface area contributed by atoms with Gasteiger partial charge in [-0.15, -0.1) is 12.4 Å². The molecule has 0 atom stereocenters. The van der Waals surface area contributed by atoms with E-state index in [9.17, 15) is 0 Å². The number of thioether (sulfide) groups is 1. The molecule has 1 aliphatic rings. The standard InChI is InChI=1S/C12H12Br3N3S.ClH/c13-7-6-2-1-4-18-11(6)10(9(15)8(7)14)17-12(18)19-5-3-16;/h1-5,16H2;1H. The van der Waals surface area contributed by atoms with E-state index in [1.807, 2.05) is 0 Å². The molecule has 1 aromatic heterocycles. The normalized spacial score (nSPS) is 13.6. The van der Waals surface area contributed by atoms with Crippen molar-refractivity contribution < 1.29 is 0 Å². The summed E-state index contributed by atoms with van der Waals surface area (Å²) in [7, 11) is 0. The minimum absolute atomic E-state index is 0. The molecule has 0 unspecified atom stereocenters. The lowest BCUT2D eigenvalue weighted by atomic mass is 10.0. The van der Waals surface area contributed by atoms with Crippen LogP contribution in [-0.2, 0) is 13.0 Å². The Morgan fingerprint density at radius 1 is 1.20 bits per heavy atom. The van der Waals surface area contributed by atoms with Gasteiger partial charge in [0.2, 0.25) is 0 Å². The smallest absolute Gasteiger partial charge is 0.169 e. The zero-order valence-corrected chi connectivity index (χ0v) is 16.8. The van der Waals surface area contributed by atoms with E-state index in [4.69, 9.17) is 10.7 Å². The average molecular weight is 506 g/mol. The Hall–Kier alpha value is 0.730. The fourth-order valence-electron chi connectivity index (χ4n) is 2.44. The van der Waals surface area contributed by atoms with Gasteiger partial charge in [0, 0.05) is 27.8 Å². The zero-order chi connectivity index (χ0) is 13.6. The second kappa shape index (κ2) is 6.87. The number of aryl methyl sites for hydroxylation is 2. The van der Waals surface area contributed by atoms with Gasteiger partial charge in [-0.3, -0.25) is 0 Å². The van der Waals surface area contributed by atoms with Gasteiger partial charge in [-0.25, -0.2) is 4.98 Å². The molecule has 2 aromatic rings. The van der Waals surface area contributed by atoms with Crippen LogP contribution in [0.3, 0.4) is 0 Å². The molecular weight excluding hydrogens is 493 g/mol. The first-order valence-corrected chi connectivity index (χ1v) is 9.40. The number of nitrogens with zero attached hydrogens (tertiary/aromatic N) is 2. The summed E-state index contributed by atoms with van der Waals surface area (Å²) in [5.41, 5.74) is 9.26. The molecule has 0 bridgehead atoms. The third-order valence-electron chi connectivity index (χ3n) is 3.23. The number of halogens is 4. The van der Waals surface area contributed by atoms with Gasteiger partial charge in [-0.2, -0.15) is 0 Å². The first kappa shape index (κ1) is 17.1. The Labute approximate surface area is 153 Å². The van der Waals surface area contributed by atoms with Gasteiger partial charge >= 0.3 is 0 Å². The first-order chi connectivity index (χ1) is 9.15. The summed E-state index contributed by atoms with van der Waals surface area (Å²) in [4.78, 5) is 4.80. The second-order valence-corrected chi connectivity index (χ2v) is 7.85. The molecule has 0 saturated heterocycles. The van der Waals surface area contributed by atoms with E-state index in [2.05, 4.69) is 52.4 Å². The summed E-state index contributed by atoms with van der Waals surface area (Å²) in [5.74, 6) is 0.901. The number of rotatable bonds is 3. The van der Waals surface area contributed by atoms with Crippen LogP contribution in [0.15, 0.2) is 18.6 Å². The summed E-state index contributed by atoms with van der Waals surface area (Å²) in [6.07, 6.45) is 2.25. The molecule has 0 aliphatic carbocycles. The van der Waals surface area contributed by atoms with Gasteiger partial charge in [0.05, 0.1) is 9.99 Å². The Balaban J connectivity index is 0.00000147. The highest BCUT2D eigenvalue weighted by molar-refractivity contribution is 9.14. The Bertz CT molecular complexity index is 659. The Morgan fingerprint density at radius 2 is 1.95 bits per heavy atom. The van der Waals surface area contributed by atoms with Gasteiger partial charge in [0.1, 0.15) is 5.52 Å². The van der Waals surface area contributed by atoms with Crippen molar-refractivity contribution in [2.45, 2.75) is 24.5 Å². The van der Waals surface area contributed by atoms with Crippen molar-refractivity contribution in [1.82, 2.24) is 9.55 Å². The maximum Gasteiger partial charge on any atom is 0.169 e. The van der Waals surface area contributed by atoms with Crippen molar-refractivity contribution >= 4 is 83.0 Å². The summed E-state index contributed by atoms with van der Waals surface area (Å²) < 4.78 is 5.55. The molecule has 2 heterocycles. The van der Waals surface area contributed by atoms with Gasteiger partial charge in [0.15, 0.2) is 5.16 Å². The predicted octanol–water partition coefficient (Wildman–Crippen LogP) is 4.74. The van der Waals surface area contributed by atoms with E-state index in [0.29, 0.717) is 6.54 Å². The molecule has 110 valence electrons. The Kier molecular flexibility index (Phi) is 5.87. The lowest BCUT2D eigenvalue weighted by Crippen LogP contribution is -2.10. The van der Waals surface area contributed by atoms with Crippen LogP contribution < -0.4 is 5.73 Å². The highest BCUT2D eigenvalue weighted by Gasteiger charge is 2.24. The van der Waals surface area contributed by atoms with Gasteiger partial charge in [-0.05, 0) is 66.2 Å². The fourth-order valence-corrected chi connectivity index (χ4v) is 4.98. The molecule has 0 spiro atoms. The highest BCUT2D eigenvalue weighted by Crippen LogP contribution is 2.43. The third kappa shape index (κ3) is 2.70. The van der Waals surface area contributed by atoms with Crippen molar-refractivity contribution in [3.05, 3.63) is 19.0 Å². The number of imidazole rings is 1. The Morgan fingerprint density at radius 3 is 2.65 bits per heavy atom. The van der Waals surface area contributed by atoms with Gasteiger partial charge in [0.25, 0.3) is 0 Å². The van der Waals surface area contributed by atoms with Crippen LogP contribution in [-0.4, -0.2) is 21.8 Å². The zero-order valence-electron chi connectivity index (χ0n) is 10.5. The lowest BCUT2D eigenvalue weighted by Gasteiger charge is -2.19. The number of benzene rings is 1. The van der Waals surface area contributed by atoms with Gasteiger partial charge in [-0.1, -0.05) is 11.8 Å². The van der Waals surface area contributed by atoms with Crippen LogP contribution in [0.1, 0.15) is 12.0 Å². The topological polar surface area (TPSA) is 43.8 Å². The van der Waals surface area contributed by atoms with Crippen molar-refractivity contribution in [2.75, 3.05) is 12.3 Å². The van der Waals surface area contributed by atoms with E-state index >= 15 is 0 Å². The minimum Gasteiger partial charge on any atom is -0.330 e. The lowest BCUT2D eigenvalue weighted by molar-refractivity contribution is 0.587. The van der Waals surface area contributed by atoms with Gasteiger partial charge < -0.3 is 10.3 Å². The predicted molar refractivity (Wildman–Crippen MR) is 98.2 cm³/mol. The third-order valence-corrected chi connectivity index (χ3v) is 7.75. The molecule has 20 heavy (non-hydrogen) atoms. The highest BCUT2D eigenvalue weighted by atomic mass is 79.9. The van der Waals surface area contributed by atoms with E-state index < -0.39 is 0 Å². The first-order valence-electron chi connectivity index (χ1n) is 6.03. The summed E-state index contributed by atoms with van der Waals surface area (Å²) in [6, 6.07) is 0. The maximum atomic E-state index is 5.60.